The predicted octanol–water partition coefficient (Wildman–Crippen LogP) is -0.298. The van der Waals surface area contributed by atoms with Crippen molar-refractivity contribution in [3.63, 3.8) is 0 Å². The maximum absolute atomic E-state index is 11.1. The van der Waals surface area contributed by atoms with E-state index in [1.165, 1.54) is 0 Å². The Bertz CT molecular complexity index is 323. The molecule has 0 spiro atoms. The van der Waals surface area contributed by atoms with Gasteiger partial charge in [-0.2, -0.15) is 0 Å². The van der Waals surface area contributed by atoms with Crippen molar-refractivity contribution in [1.82, 2.24) is 5.48 Å². The van der Waals surface area contributed by atoms with Gasteiger partial charge in [0.25, 0.3) is 0 Å². The molecule has 1 amide bonds. The zero-order valence-corrected chi connectivity index (χ0v) is 11.3. The molecule has 0 aliphatic rings. The van der Waals surface area contributed by atoms with Gasteiger partial charge in [-0.3, -0.25) is 0 Å². The SMILES string of the molecule is C=[C]([Na])C(=O)NOS(=O)(=O)CC(C)C. The van der Waals surface area contributed by atoms with Gasteiger partial charge < -0.3 is 0 Å². The van der Waals surface area contributed by atoms with E-state index in [-0.39, 0.29) is 11.7 Å². The van der Waals surface area contributed by atoms with Gasteiger partial charge in [-0.25, -0.2) is 0 Å². The van der Waals surface area contributed by atoms with E-state index >= 15 is 0 Å². The van der Waals surface area contributed by atoms with E-state index in [1.807, 2.05) is 5.48 Å². The number of hydroxylamine groups is 1. The van der Waals surface area contributed by atoms with Crippen LogP contribution in [0, 0.1) is 5.92 Å². The summed E-state index contributed by atoms with van der Waals surface area (Å²) in [7, 11) is -3.67. The molecule has 5 nitrogen and oxygen atoms in total. The monoisotopic (exact) mass is 229 g/mol. The maximum atomic E-state index is 11.1. The number of rotatable bonds is 5. The minimum atomic E-state index is -3.67. The third-order valence-electron chi connectivity index (χ3n) is 1.19. The van der Waals surface area contributed by atoms with Crippen LogP contribution in [0.25, 0.3) is 0 Å². The number of hydrogen-bond donors (Lipinski definition) is 1. The van der Waals surface area contributed by atoms with Crippen molar-refractivity contribution in [3.05, 3.63) is 9.40 Å². The van der Waals surface area contributed by atoms with Crippen molar-refractivity contribution < 1.29 is 17.5 Å². The summed E-state index contributed by atoms with van der Waals surface area (Å²) in [6.45, 7) is 6.88. The van der Waals surface area contributed by atoms with E-state index in [9.17, 15) is 13.2 Å². The summed E-state index contributed by atoms with van der Waals surface area (Å²) in [6.07, 6.45) is 0. The van der Waals surface area contributed by atoms with Crippen molar-refractivity contribution in [2.45, 2.75) is 13.8 Å². The van der Waals surface area contributed by atoms with E-state index in [2.05, 4.69) is 10.9 Å². The molecule has 0 aromatic heterocycles. The summed E-state index contributed by atoms with van der Waals surface area (Å²) in [4.78, 5) is 10.9. The van der Waals surface area contributed by atoms with Crippen molar-refractivity contribution in [2.24, 2.45) is 5.92 Å². The first kappa shape index (κ1) is 14.1. The van der Waals surface area contributed by atoms with Crippen LogP contribution in [0.15, 0.2) is 9.40 Å². The Morgan fingerprint density at radius 3 is 2.43 bits per heavy atom. The third kappa shape index (κ3) is 6.56. The van der Waals surface area contributed by atoms with Gasteiger partial charge in [0.1, 0.15) is 0 Å². The molecule has 0 heterocycles. The van der Waals surface area contributed by atoms with Crippen LogP contribution in [0.5, 0.6) is 0 Å². The van der Waals surface area contributed by atoms with Gasteiger partial charge >= 0.3 is 102 Å². The average Bonchev–Trinajstić information content (AvgIpc) is 1.97. The first-order valence-corrected chi connectivity index (χ1v) is 6.69. The Morgan fingerprint density at radius 2 is 2.07 bits per heavy atom. The second-order valence-corrected chi connectivity index (χ2v) is 6.24. The van der Waals surface area contributed by atoms with Gasteiger partial charge in [0.2, 0.25) is 0 Å². The summed E-state index contributed by atoms with van der Waals surface area (Å²) in [5.74, 6) is -0.749. The van der Waals surface area contributed by atoms with Gasteiger partial charge in [-0.05, 0) is 0 Å². The molecule has 0 saturated carbocycles. The fourth-order valence-electron chi connectivity index (χ4n) is 0.631. The number of carbonyl (C=O) groups excluding carboxylic acids is 1. The van der Waals surface area contributed by atoms with E-state index in [4.69, 9.17) is 0 Å². The quantitative estimate of drug-likeness (QED) is 0.399. The van der Waals surface area contributed by atoms with Crippen molar-refractivity contribution in [1.29, 1.82) is 0 Å². The van der Waals surface area contributed by atoms with Crippen LogP contribution in [0.4, 0.5) is 0 Å². The first-order valence-electron chi connectivity index (χ1n) is 4.11. The Balaban J connectivity index is 4.13. The number of hydrogen-bond acceptors (Lipinski definition) is 4. The van der Waals surface area contributed by atoms with Gasteiger partial charge in [-0.1, -0.05) is 0 Å². The van der Waals surface area contributed by atoms with Crippen LogP contribution in [0.3, 0.4) is 0 Å². The van der Waals surface area contributed by atoms with E-state index in [0.717, 1.165) is 0 Å². The molecule has 0 radical (unpaired) electrons. The summed E-state index contributed by atoms with van der Waals surface area (Å²) < 4.78 is 26.8. The van der Waals surface area contributed by atoms with Gasteiger partial charge in [0, 0.05) is 0 Å². The normalized spacial score (nSPS) is 11.5. The zero-order chi connectivity index (χ0) is 11.4. The number of amides is 1. The molecule has 0 bridgehead atoms. The molecule has 0 unspecified atom stereocenters. The molecule has 0 saturated heterocycles. The zero-order valence-electron chi connectivity index (χ0n) is 8.53. The van der Waals surface area contributed by atoms with Gasteiger partial charge in [0.15, 0.2) is 0 Å². The van der Waals surface area contributed by atoms with Crippen LogP contribution in [-0.4, -0.2) is 48.0 Å². The molecule has 0 aromatic rings. The summed E-state index contributed by atoms with van der Waals surface area (Å²) in [6, 6.07) is 0. The van der Waals surface area contributed by atoms with E-state index in [0.29, 0.717) is 30.8 Å². The second-order valence-electron chi connectivity index (χ2n) is 3.41. The fraction of sp³-hybridized carbons (Fsp3) is 0.571. The van der Waals surface area contributed by atoms with Crippen LogP contribution in [0.1, 0.15) is 13.8 Å². The average molecular weight is 229 g/mol. The predicted molar refractivity (Wildman–Crippen MR) is 52.7 cm³/mol. The number of nitrogens with one attached hydrogen (secondary N) is 1. The van der Waals surface area contributed by atoms with Crippen LogP contribution in [0.2, 0.25) is 0 Å². The van der Waals surface area contributed by atoms with E-state index < -0.39 is 16.0 Å². The third-order valence-corrected chi connectivity index (χ3v) is 3.05. The Hall–Kier alpha value is 0.120. The Morgan fingerprint density at radius 1 is 1.57 bits per heavy atom. The Kier molecular flexibility index (Phi) is 5.92. The summed E-state index contributed by atoms with van der Waals surface area (Å²) in [5, 5.41) is 0. The Labute approximate surface area is 101 Å². The fourth-order valence-corrected chi connectivity index (χ4v) is 1.82. The van der Waals surface area contributed by atoms with Crippen molar-refractivity contribution in [3.8, 4) is 0 Å². The van der Waals surface area contributed by atoms with Crippen molar-refractivity contribution in [2.75, 3.05) is 5.75 Å². The summed E-state index contributed by atoms with van der Waals surface area (Å²) >= 11 is 0.471. The van der Waals surface area contributed by atoms with Gasteiger partial charge in [0.05, 0.1) is 0 Å². The topological polar surface area (TPSA) is 72.5 Å². The molecule has 0 aliphatic carbocycles. The molecule has 14 heavy (non-hydrogen) atoms. The van der Waals surface area contributed by atoms with Crippen LogP contribution in [-0.2, 0) is 19.2 Å². The minimum absolute atomic E-state index is 0.0453. The van der Waals surface area contributed by atoms with Gasteiger partial charge in [-0.15, -0.1) is 0 Å². The molecular formula is C7H12NNaO4S. The van der Waals surface area contributed by atoms with Crippen LogP contribution >= 0.6 is 0 Å². The molecule has 0 aliphatic heterocycles. The number of carbonyl (C=O) groups is 1. The molecule has 0 aromatic carbocycles. The molecule has 7 heteroatoms. The first-order chi connectivity index (χ1) is 6.24. The molecular weight excluding hydrogens is 217 g/mol. The summed E-state index contributed by atoms with van der Waals surface area (Å²) in [5.41, 5.74) is 1.84. The molecule has 0 atom stereocenters. The van der Waals surface area contributed by atoms with E-state index in [1.54, 1.807) is 13.8 Å². The van der Waals surface area contributed by atoms with Crippen LogP contribution < -0.4 is 5.48 Å². The molecule has 0 rings (SSSR count). The standard InChI is InChI=1S/C7H12NO4S.Na/c1-4-7(9)8-12-13(10,11)5-6(2)3;/h6H,1,5H2,2-3H3,(H,8,9);. The van der Waals surface area contributed by atoms with Crippen molar-refractivity contribution >= 4 is 44.0 Å². The molecule has 1 N–H and O–H groups in total. The molecule has 0 fully saturated rings. The second kappa shape index (κ2) is 5.87. The molecule has 76 valence electrons.